The molecule has 0 radical (unpaired) electrons. The van der Waals surface area contributed by atoms with E-state index in [9.17, 15) is 0 Å². The minimum atomic E-state index is 0.821. The van der Waals surface area contributed by atoms with E-state index in [0.717, 1.165) is 10.6 Å². The summed E-state index contributed by atoms with van der Waals surface area (Å²) in [6.07, 6.45) is 1.84. The molecule has 3 rings (SSSR count). The van der Waals surface area contributed by atoms with Crippen molar-refractivity contribution < 1.29 is 0 Å². The van der Waals surface area contributed by atoms with Crippen molar-refractivity contribution in [2.45, 2.75) is 6.92 Å². The van der Waals surface area contributed by atoms with E-state index in [4.69, 9.17) is 0 Å². The van der Waals surface area contributed by atoms with E-state index in [1.54, 1.807) is 22.7 Å². The molecule has 0 bridgehead atoms. The molecule has 90 valence electrons. The molecule has 3 aromatic rings. The molecule has 1 aromatic carbocycles. The van der Waals surface area contributed by atoms with Crippen LogP contribution >= 0.6 is 22.7 Å². The Bertz CT molecular complexity index is 664. The fraction of sp³-hybridized carbons (Fsp3) is 0.0769. The number of hydrogen-bond acceptors (Lipinski definition) is 5. The molecule has 0 fully saturated rings. The number of aromatic nitrogens is 1. The van der Waals surface area contributed by atoms with Gasteiger partial charge < -0.3 is 0 Å². The van der Waals surface area contributed by atoms with Crippen LogP contribution in [0.1, 0.15) is 10.4 Å². The van der Waals surface area contributed by atoms with E-state index in [1.807, 2.05) is 24.4 Å². The van der Waals surface area contributed by atoms with Gasteiger partial charge in [0.1, 0.15) is 0 Å². The maximum Gasteiger partial charge on any atom is 0.204 e. The van der Waals surface area contributed by atoms with E-state index in [2.05, 4.69) is 39.9 Å². The van der Waals surface area contributed by atoms with E-state index < -0.39 is 0 Å². The van der Waals surface area contributed by atoms with Crippen LogP contribution in [-0.2, 0) is 0 Å². The molecule has 0 atom stereocenters. The average Bonchev–Trinajstić information content (AvgIpc) is 2.96. The SMILES string of the molecule is Cc1ccsc1/C=N\Nc1nc2ccccc2s1. The number of fused-ring (bicyclic) bond motifs is 1. The van der Waals surface area contributed by atoms with Crippen LogP contribution < -0.4 is 5.43 Å². The van der Waals surface area contributed by atoms with Gasteiger partial charge in [-0.3, -0.25) is 5.43 Å². The van der Waals surface area contributed by atoms with E-state index in [0.29, 0.717) is 0 Å². The molecule has 0 saturated carbocycles. The summed E-state index contributed by atoms with van der Waals surface area (Å²) in [6.45, 7) is 2.08. The lowest BCUT2D eigenvalue weighted by atomic mass is 10.3. The minimum Gasteiger partial charge on any atom is -0.253 e. The van der Waals surface area contributed by atoms with Gasteiger partial charge in [-0.25, -0.2) is 4.98 Å². The van der Waals surface area contributed by atoms with Gasteiger partial charge in [-0.2, -0.15) is 5.10 Å². The lowest BCUT2D eigenvalue weighted by Gasteiger charge is -1.92. The molecule has 5 heteroatoms. The molecule has 1 N–H and O–H groups in total. The fourth-order valence-corrected chi connectivity index (χ4v) is 3.18. The Morgan fingerprint density at radius 1 is 1.28 bits per heavy atom. The number of aryl methyl sites for hydroxylation is 1. The Morgan fingerprint density at radius 3 is 2.94 bits per heavy atom. The normalized spacial score (nSPS) is 11.4. The molecule has 18 heavy (non-hydrogen) atoms. The van der Waals surface area contributed by atoms with Crippen molar-refractivity contribution in [3.05, 3.63) is 46.2 Å². The topological polar surface area (TPSA) is 37.3 Å². The van der Waals surface area contributed by atoms with Gasteiger partial charge in [0, 0.05) is 4.88 Å². The molecule has 0 aliphatic heterocycles. The van der Waals surface area contributed by atoms with Gasteiger partial charge in [-0.15, -0.1) is 11.3 Å². The predicted octanol–water partition coefficient (Wildman–Crippen LogP) is 4.11. The Labute approximate surface area is 113 Å². The predicted molar refractivity (Wildman–Crippen MR) is 79.9 cm³/mol. The van der Waals surface area contributed by atoms with Crippen molar-refractivity contribution >= 4 is 44.2 Å². The molecule has 0 aliphatic rings. The number of nitrogens with zero attached hydrogens (tertiary/aromatic N) is 2. The number of thiazole rings is 1. The smallest absolute Gasteiger partial charge is 0.204 e. The minimum absolute atomic E-state index is 0.821. The lowest BCUT2D eigenvalue weighted by molar-refractivity contribution is 1.31. The zero-order chi connectivity index (χ0) is 12.4. The van der Waals surface area contributed by atoms with Crippen LogP contribution in [-0.4, -0.2) is 11.2 Å². The molecule has 0 saturated heterocycles. The summed E-state index contributed by atoms with van der Waals surface area (Å²) in [5, 5.41) is 7.11. The van der Waals surface area contributed by atoms with E-state index >= 15 is 0 Å². The van der Waals surface area contributed by atoms with Crippen molar-refractivity contribution in [3.8, 4) is 0 Å². The molecule has 0 spiro atoms. The van der Waals surface area contributed by atoms with Gasteiger partial charge in [-0.05, 0) is 36.1 Å². The number of thiophene rings is 1. The molecule has 2 heterocycles. The standard InChI is InChI=1S/C13H11N3S2/c1-9-6-7-17-12(9)8-14-16-13-15-10-4-2-3-5-11(10)18-13/h2-8H,1H3,(H,15,16)/b14-8-. The molecule has 0 amide bonds. The third-order valence-electron chi connectivity index (χ3n) is 2.54. The Hall–Kier alpha value is -1.72. The van der Waals surface area contributed by atoms with E-state index in [1.165, 1.54) is 15.1 Å². The first-order chi connectivity index (χ1) is 8.83. The Kier molecular flexibility index (Phi) is 3.08. The monoisotopic (exact) mass is 273 g/mol. The summed E-state index contributed by atoms with van der Waals surface area (Å²) in [5.74, 6) is 0. The molecule has 0 aliphatic carbocycles. The van der Waals surface area contributed by atoms with Crippen molar-refractivity contribution in [2.75, 3.05) is 5.43 Å². The van der Waals surface area contributed by atoms with Crippen molar-refractivity contribution in [3.63, 3.8) is 0 Å². The largest absolute Gasteiger partial charge is 0.253 e. The molecular formula is C13H11N3S2. The van der Waals surface area contributed by atoms with Crippen LogP contribution in [0.3, 0.4) is 0 Å². The van der Waals surface area contributed by atoms with E-state index in [-0.39, 0.29) is 0 Å². The highest BCUT2D eigenvalue weighted by Gasteiger charge is 2.01. The second-order valence-corrected chi connectivity index (χ2v) is 5.80. The second-order valence-electron chi connectivity index (χ2n) is 3.82. The van der Waals surface area contributed by atoms with Crippen LogP contribution in [0.25, 0.3) is 10.2 Å². The van der Waals surface area contributed by atoms with Gasteiger partial charge in [-0.1, -0.05) is 23.5 Å². The average molecular weight is 273 g/mol. The highest BCUT2D eigenvalue weighted by molar-refractivity contribution is 7.22. The Morgan fingerprint density at radius 2 is 2.17 bits per heavy atom. The van der Waals surface area contributed by atoms with Crippen molar-refractivity contribution in [2.24, 2.45) is 5.10 Å². The third kappa shape index (κ3) is 2.27. The number of anilines is 1. The van der Waals surface area contributed by atoms with Crippen molar-refractivity contribution in [1.29, 1.82) is 0 Å². The first-order valence-electron chi connectivity index (χ1n) is 5.52. The lowest BCUT2D eigenvalue weighted by Crippen LogP contribution is -1.88. The quantitative estimate of drug-likeness (QED) is 0.576. The third-order valence-corrected chi connectivity index (χ3v) is 4.43. The highest BCUT2D eigenvalue weighted by Crippen LogP contribution is 2.25. The zero-order valence-corrected chi connectivity index (χ0v) is 11.4. The molecular weight excluding hydrogens is 262 g/mol. The van der Waals surface area contributed by atoms with Gasteiger partial charge in [0.15, 0.2) is 0 Å². The molecule has 2 aromatic heterocycles. The number of benzene rings is 1. The maximum absolute atomic E-state index is 4.45. The number of hydrazone groups is 1. The molecule has 3 nitrogen and oxygen atoms in total. The second kappa shape index (κ2) is 4.88. The number of nitrogens with one attached hydrogen (secondary N) is 1. The first kappa shape index (κ1) is 11.4. The molecule has 0 unspecified atom stereocenters. The van der Waals surface area contributed by atoms with Crippen LogP contribution in [0.5, 0.6) is 0 Å². The highest BCUT2D eigenvalue weighted by atomic mass is 32.1. The zero-order valence-electron chi connectivity index (χ0n) is 9.75. The van der Waals surface area contributed by atoms with Crippen LogP contribution in [0.15, 0.2) is 40.8 Å². The fourth-order valence-electron chi connectivity index (χ4n) is 1.58. The Balaban J connectivity index is 1.77. The van der Waals surface area contributed by atoms with Crippen LogP contribution in [0.2, 0.25) is 0 Å². The first-order valence-corrected chi connectivity index (χ1v) is 7.21. The number of rotatable bonds is 3. The van der Waals surface area contributed by atoms with Gasteiger partial charge in [0.05, 0.1) is 16.4 Å². The van der Waals surface area contributed by atoms with Crippen molar-refractivity contribution in [1.82, 2.24) is 4.98 Å². The summed E-state index contributed by atoms with van der Waals surface area (Å²) in [7, 11) is 0. The number of hydrogen-bond donors (Lipinski definition) is 1. The van der Waals surface area contributed by atoms with Crippen LogP contribution in [0, 0.1) is 6.92 Å². The van der Waals surface area contributed by atoms with Gasteiger partial charge in [0.2, 0.25) is 5.13 Å². The summed E-state index contributed by atoms with van der Waals surface area (Å²) < 4.78 is 1.17. The summed E-state index contributed by atoms with van der Waals surface area (Å²) in [6, 6.07) is 10.2. The number of para-hydroxylation sites is 1. The summed E-state index contributed by atoms with van der Waals surface area (Å²) >= 11 is 3.29. The maximum atomic E-state index is 4.45. The van der Waals surface area contributed by atoms with Gasteiger partial charge in [0.25, 0.3) is 0 Å². The van der Waals surface area contributed by atoms with Gasteiger partial charge >= 0.3 is 0 Å². The van der Waals surface area contributed by atoms with Crippen LogP contribution in [0.4, 0.5) is 5.13 Å². The summed E-state index contributed by atoms with van der Waals surface area (Å²) in [5.41, 5.74) is 5.24. The summed E-state index contributed by atoms with van der Waals surface area (Å²) in [4.78, 5) is 5.62.